The van der Waals surface area contributed by atoms with Crippen molar-refractivity contribution < 1.29 is 9.53 Å². The van der Waals surface area contributed by atoms with Crippen molar-refractivity contribution in [3.8, 4) is 22.0 Å². The average molecular weight is 441 g/mol. The number of esters is 1. The summed E-state index contributed by atoms with van der Waals surface area (Å²) in [6, 6.07) is 15.2. The lowest BCUT2D eigenvalue weighted by Crippen LogP contribution is -2.06. The number of halogens is 1. The fourth-order valence-corrected chi connectivity index (χ4v) is 3.79. The Bertz CT molecular complexity index is 1060. The highest BCUT2D eigenvalue weighted by molar-refractivity contribution is 9.10. The first kappa shape index (κ1) is 17.6. The third-order valence-electron chi connectivity index (χ3n) is 3.75. The number of carbonyl (C=O) groups is 1. The van der Waals surface area contributed by atoms with Gasteiger partial charge in [0.2, 0.25) is 0 Å². The lowest BCUT2D eigenvalue weighted by atomic mass is 10.1. The summed E-state index contributed by atoms with van der Waals surface area (Å²) in [6.45, 7) is 0.0777. The van der Waals surface area contributed by atoms with Gasteiger partial charge < -0.3 is 4.74 Å². The molecule has 134 valence electrons. The van der Waals surface area contributed by atoms with E-state index in [4.69, 9.17) is 4.74 Å². The Morgan fingerprint density at radius 3 is 2.74 bits per heavy atom. The van der Waals surface area contributed by atoms with Crippen molar-refractivity contribution >= 4 is 33.2 Å². The fourth-order valence-electron chi connectivity index (χ4n) is 2.44. The van der Waals surface area contributed by atoms with Gasteiger partial charge >= 0.3 is 5.97 Å². The molecule has 0 spiro atoms. The van der Waals surface area contributed by atoms with E-state index in [9.17, 15) is 4.79 Å². The quantitative estimate of drug-likeness (QED) is 0.454. The van der Waals surface area contributed by atoms with E-state index in [-0.39, 0.29) is 12.3 Å². The molecule has 1 N–H and O–H groups in total. The number of nitrogens with one attached hydrogen (secondary N) is 1. The molecule has 4 rings (SSSR count). The second kappa shape index (κ2) is 7.81. The number of H-pyrrole nitrogens is 1. The molecule has 0 aliphatic carbocycles. The van der Waals surface area contributed by atoms with Crippen LogP contribution in [0.2, 0.25) is 0 Å². The maximum absolute atomic E-state index is 12.4. The first-order chi connectivity index (χ1) is 13.2. The zero-order valence-electron chi connectivity index (χ0n) is 13.9. The standard InChI is InChI=1S/C19H13BrN4O2S/c20-15-16(12-6-2-1-3-7-12)23-24-17(15)19(25)26-10-13-11-27-18(22-13)14-8-4-5-9-21-14/h1-9,11H,10H2,(H,23,24). The van der Waals surface area contributed by atoms with Gasteiger partial charge in [0.1, 0.15) is 17.3 Å². The molecule has 0 saturated heterocycles. The summed E-state index contributed by atoms with van der Waals surface area (Å²) < 4.78 is 5.95. The zero-order chi connectivity index (χ0) is 18.6. The molecule has 8 heteroatoms. The van der Waals surface area contributed by atoms with Crippen molar-refractivity contribution in [2.45, 2.75) is 6.61 Å². The molecular formula is C19H13BrN4O2S. The van der Waals surface area contributed by atoms with E-state index in [1.807, 2.05) is 53.9 Å². The van der Waals surface area contributed by atoms with Crippen molar-refractivity contribution in [3.63, 3.8) is 0 Å². The van der Waals surface area contributed by atoms with Crippen LogP contribution in [-0.4, -0.2) is 26.1 Å². The molecule has 0 radical (unpaired) electrons. The van der Waals surface area contributed by atoms with Crippen LogP contribution in [0, 0.1) is 0 Å². The summed E-state index contributed by atoms with van der Waals surface area (Å²) in [5.74, 6) is -0.496. The summed E-state index contributed by atoms with van der Waals surface area (Å²) >= 11 is 4.89. The van der Waals surface area contributed by atoms with Crippen LogP contribution < -0.4 is 0 Å². The van der Waals surface area contributed by atoms with Gasteiger partial charge in [-0.3, -0.25) is 10.1 Å². The number of hydrogen-bond acceptors (Lipinski definition) is 6. The average Bonchev–Trinajstić information content (AvgIpc) is 3.34. The summed E-state index contributed by atoms with van der Waals surface area (Å²) in [5.41, 5.74) is 3.30. The number of aromatic amines is 1. The van der Waals surface area contributed by atoms with Gasteiger partial charge in [-0.1, -0.05) is 36.4 Å². The molecule has 0 saturated carbocycles. The molecule has 0 atom stereocenters. The number of pyridine rings is 1. The highest BCUT2D eigenvalue weighted by atomic mass is 79.9. The van der Waals surface area contributed by atoms with Gasteiger partial charge in [0, 0.05) is 17.1 Å². The minimum Gasteiger partial charge on any atom is -0.454 e. The number of ether oxygens (including phenoxy) is 1. The van der Waals surface area contributed by atoms with E-state index in [2.05, 4.69) is 36.1 Å². The second-order valence-corrected chi connectivity index (χ2v) is 7.21. The van der Waals surface area contributed by atoms with Crippen molar-refractivity contribution in [2.24, 2.45) is 0 Å². The van der Waals surface area contributed by atoms with Crippen LogP contribution >= 0.6 is 27.3 Å². The number of nitrogens with zero attached hydrogens (tertiary/aromatic N) is 3. The predicted molar refractivity (Wildman–Crippen MR) is 106 cm³/mol. The maximum atomic E-state index is 12.4. The molecule has 0 bridgehead atoms. The van der Waals surface area contributed by atoms with Crippen LogP contribution in [-0.2, 0) is 11.3 Å². The molecule has 3 heterocycles. The van der Waals surface area contributed by atoms with Crippen molar-refractivity contribution in [3.05, 3.63) is 76.0 Å². The van der Waals surface area contributed by atoms with E-state index >= 15 is 0 Å². The van der Waals surface area contributed by atoms with Crippen LogP contribution in [0.5, 0.6) is 0 Å². The van der Waals surface area contributed by atoms with E-state index < -0.39 is 5.97 Å². The Kier molecular flexibility index (Phi) is 5.08. The predicted octanol–water partition coefficient (Wildman–Crippen LogP) is 4.71. The Morgan fingerprint density at radius 1 is 1.15 bits per heavy atom. The van der Waals surface area contributed by atoms with Crippen molar-refractivity contribution in [1.29, 1.82) is 0 Å². The van der Waals surface area contributed by atoms with E-state index in [1.165, 1.54) is 11.3 Å². The smallest absolute Gasteiger partial charge is 0.357 e. The molecule has 27 heavy (non-hydrogen) atoms. The van der Waals surface area contributed by atoms with Gasteiger partial charge in [0.05, 0.1) is 15.9 Å². The van der Waals surface area contributed by atoms with Gasteiger partial charge in [-0.15, -0.1) is 11.3 Å². The highest BCUT2D eigenvalue weighted by Crippen LogP contribution is 2.29. The van der Waals surface area contributed by atoms with E-state index in [1.54, 1.807) is 6.20 Å². The number of carbonyl (C=O) groups excluding carboxylic acids is 1. The van der Waals surface area contributed by atoms with Gasteiger partial charge in [0.15, 0.2) is 5.69 Å². The third kappa shape index (κ3) is 3.81. The van der Waals surface area contributed by atoms with Gasteiger partial charge in [-0.2, -0.15) is 5.10 Å². The molecule has 4 aromatic rings. The zero-order valence-corrected chi connectivity index (χ0v) is 16.3. The highest BCUT2D eigenvalue weighted by Gasteiger charge is 2.20. The summed E-state index contributed by atoms with van der Waals surface area (Å²) in [6.07, 6.45) is 1.72. The van der Waals surface area contributed by atoms with E-state index in [0.29, 0.717) is 15.9 Å². The number of benzene rings is 1. The topological polar surface area (TPSA) is 80.8 Å². The molecule has 0 fully saturated rings. The Morgan fingerprint density at radius 2 is 1.96 bits per heavy atom. The number of aromatic nitrogens is 4. The molecule has 3 aromatic heterocycles. The summed E-state index contributed by atoms with van der Waals surface area (Å²) in [5, 5.41) is 9.60. The number of hydrogen-bond donors (Lipinski definition) is 1. The Hall–Kier alpha value is -2.84. The minimum absolute atomic E-state index is 0.0777. The number of thiazole rings is 1. The van der Waals surface area contributed by atoms with Crippen molar-refractivity contribution in [2.75, 3.05) is 0 Å². The Labute approximate surface area is 167 Å². The first-order valence-corrected chi connectivity index (χ1v) is 9.72. The molecule has 0 aliphatic rings. The largest absolute Gasteiger partial charge is 0.454 e. The van der Waals surface area contributed by atoms with Gasteiger partial charge in [-0.25, -0.2) is 9.78 Å². The first-order valence-electron chi connectivity index (χ1n) is 8.04. The minimum atomic E-state index is -0.496. The monoisotopic (exact) mass is 440 g/mol. The van der Waals surface area contributed by atoms with Crippen LogP contribution in [0.15, 0.2) is 64.6 Å². The lowest BCUT2D eigenvalue weighted by Gasteiger charge is -2.02. The van der Waals surface area contributed by atoms with Crippen LogP contribution in [0.4, 0.5) is 0 Å². The lowest BCUT2D eigenvalue weighted by molar-refractivity contribution is 0.0460. The normalized spacial score (nSPS) is 10.7. The molecule has 0 aliphatic heterocycles. The van der Waals surface area contributed by atoms with Crippen molar-refractivity contribution in [1.82, 2.24) is 20.2 Å². The van der Waals surface area contributed by atoms with Gasteiger partial charge in [0.25, 0.3) is 0 Å². The van der Waals surface area contributed by atoms with Crippen LogP contribution in [0.3, 0.4) is 0 Å². The Balaban J connectivity index is 1.45. The molecule has 1 aromatic carbocycles. The number of rotatable bonds is 5. The van der Waals surface area contributed by atoms with Gasteiger partial charge in [-0.05, 0) is 28.1 Å². The summed E-state index contributed by atoms with van der Waals surface area (Å²) in [4.78, 5) is 21.1. The van der Waals surface area contributed by atoms with Crippen LogP contribution in [0.1, 0.15) is 16.2 Å². The van der Waals surface area contributed by atoms with Crippen LogP contribution in [0.25, 0.3) is 22.0 Å². The second-order valence-electron chi connectivity index (χ2n) is 5.56. The summed E-state index contributed by atoms with van der Waals surface area (Å²) in [7, 11) is 0. The third-order valence-corrected chi connectivity index (χ3v) is 5.43. The SMILES string of the molecule is O=C(OCc1csc(-c2ccccn2)n1)c1[nH]nc(-c2ccccc2)c1Br. The van der Waals surface area contributed by atoms with E-state index in [0.717, 1.165) is 16.3 Å². The molecule has 0 unspecified atom stereocenters. The molecule has 6 nitrogen and oxygen atoms in total. The molecular weight excluding hydrogens is 428 g/mol. The fraction of sp³-hybridized carbons (Fsp3) is 0.0526. The molecule has 0 amide bonds. The maximum Gasteiger partial charge on any atom is 0.357 e.